The van der Waals surface area contributed by atoms with E-state index in [0.29, 0.717) is 23.4 Å². The topological polar surface area (TPSA) is 116 Å². The molecule has 1 fully saturated rings. The van der Waals surface area contributed by atoms with Crippen molar-refractivity contribution >= 4 is 35.1 Å². The lowest BCUT2D eigenvalue weighted by atomic mass is 9.81. The minimum Gasteiger partial charge on any atom is -0.480 e. The van der Waals surface area contributed by atoms with E-state index in [4.69, 9.17) is 0 Å². The average molecular weight is 506 g/mol. The number of aliphatic carboxylic acids is 1. The molecule has 2 unspecified atom stereocenters. The fourth-order valence-corrected chi connectivity index (χ4v) is 5.46. The number of nitrogens with one attached hydrogen (secondary N) is 2. The lowest BCUT2D eigenvalue weighted by Gasteiger charge is -2.37. The van der Waals surface area contributed by atoms with Crippen LogP contribution in [0.2, 0.25) is 0 Å². The van der Waals surface area contributed by atoms with Gasteiger partial charge < -0.3 is 20.6 Å². The first-order valence-electron chi connectivity index (χ1n) is 13.1. The molecule has 0 spiro atoms. The number of carbonyl (C=O) groups is 4. The monoisotopic (exact) mass is 505 g/mol. The first kappa shape index (κ1) is 26.4. The van der Waals surface area contributed by atoms with E-state index in [0.717, 1.165) is 32.1 Å². The number of anilines is 2. The second kappa shape index (κ2) is 11.6. The maximum atomic E-state index is 13.9. The predicted molar refractivity (Wildman–Crippen MR) is 142 cm³/mol. The van der Waals surface area contributed by atoms with Gasteiger partial charge in [0.15, 0.2) is 0 Å². The van der Waals surface area contributed by atoms with E-state index < -0.39 is 17.9 Å². The van der Waals surface area contributed by atoms with Gasteiger partial charge in [0.1, 0.15) is 6.04 Å². The molecular weight excluding hydrogens is 470 g/mol. The summed E-state index contributed by atoms with van der Waals surface area (Å²) in [6.07, 6.45) is 5.69. The standard InChI is InChI=1S/C29H35N3O5/c1-18(2)15-23(29(36)37)31-27(34)21-13-14-24-22(16-21)30-26(33)17-25(19-9-5-3-6-10-19)32(24)28(35)20-11-7-4-8-12-20/h4,7-8,11-14,16,18-19,23,25H,3,5-6,9-10,15,17H2,1-2H3,(H,30,33)(H,31,34)(H,36,37). The Balaban J connectivity index is 1.71. The van der Waals surface area contributed by atoms with Gasteiger partial charge in [-0.25, -0.2) is 4.79 Å². The number of nitrogens with zero attached hydrogens (tertiary/aromatic N) is 1. The van der Waals surface area contributed by atoms with Crippen LogP contribution in [-0.2, 0) is 9.59 Å². The van der Waals surface area contributed by atoms with Gasteiger partial charge in [-0.15, -0.1) is 0 Å². The molecule has 1 heterocycles. The molecule has 2 atom stereocenters. The molecule has 2 aromatic rings. The molecule has 0 bridgehead atoms. The number of benzene rings is 2. The van der Waals surface area contributed by atoms with Crippen molar-refractivity contribution in [3.05, 3.63) is 59.7 Å². The molecule has 3 amide bonds. The number of carboxylic acids is 1. The largest absolute Gasteiger partial charge is 0.480 e. The number of carboxylic acid groups (broad SMARTS) is 1. The van der Waals surface area contributed by atoms with Crippen LogP contribution in [0.4, 0.5) is 11.4 Å². The maximum Gasteiger partial charge on any atom is 0.326 e. The van der Waals surface area contributed by atoms with Crippen LogP contribution in [0.3, 0.4) is 0 Å². The van der Waals surface area contributed by atoms with E-state index in [9.17, 15) is 24.3 Å². The minimum absolute atomic E-state index is 0.0852. The zero-order chi connectivity index (χ0) is 26.5. The lowest BCUT2D eigenvalue weighted by molar-refractivity contribution is -0.139. The normalized spacial score (nSPS) is 18.9. The summed E-state index contributed by atoms with van der Waals surface area (Å²) < 4.78 is 0. The van der Waals surface area contributed by atoms with Crippen LogP contribution in [0, 0.1) is 11.8 Å². The molecule has 196 valence electrons. The van der Waals surface area contributed by atoms with Crippen molar-refractivity contribution in [2.45, 2.75) is 70.9 Å². The summed E-state index contributed by atoms with van der Waals surface area (Å²) in [6, 6.07) is 12.5. The van der Waals surface area contributed by atoms with Crippen LogP contribution in [0.1, 0.15) is 79.5 Å². The molecule has 2 aliphatic rings. The van der Waals surface area contributed by atoms with Crippen LogP contribution in [0.15, 0.2) is 48.5 Å². The first-order valence-corrected chi connectivity index (χ1v) is 13.1. The van der Waals surface area contributed by atoms with Gasteiger partial charge in [-0.3, -0.25) is 14.4 Å². The third kappa shape index (κ3) is 6.18. The number of hydrogen-bond donors (Lipinski definition) is 3. The Hall–Kier alpha value is -3.68. The second-order valence-corrected chi connectivity index (χ2v) is 10.5. The van der Waals surface area contributed by atoms with Crippen LogP contribution < -0.4 is 15.5 Å². The molecule has 1 saturated carbocycles. The number of fused-ring (bicyclic) bond motifs is 1. The lowest BCUT2D eigenvalue weighted by Crippen LogP contribution is -2.46. The molecule has 8 heteroatoms. The van der Waals surface area contributed by atoms with Gasteiger partial charge in [-0.2, -0.15) is 0 Å². The summed E-state index contributed by atoms with van der Waals surface area (Å²) in [4.78, 5) is 53.3. The molecule has 3 N–H and O–H groups in total. The zero-order valence-corrected chi connectivity index (χ0v) is 21.4. The molecule has 1 aliphatic carbocycles. The number of hydrogen-bond acceptors (Lipinski definition) is 4. The second-order valence-electron chi connectivity index (χ2n) is 10.5. The number of carbonyl (C=O) groups excluding carboxylic acids is 3. The van der Waals surface area contributed by atoms with Gasteiger partial charge in [-0.1, -0.05) is 51.3 Å². The van der Waals surface area contributed by atoms with Crippen LogP contribution >= 0.6 is 0 Å². The van der Waals surface area contributed by atoms with Crippen LogP contribution in [0.5, 0.6) is 0 Å². The smallest absolute Gasteiger partial charge is 0.326 e. The Kier molecular flexibility index (Phi) is 8.26. The number of amides is 3. The summed E-state index contributed by atoms with van der Waals surface area (Å²) in [5, 5.41) is 15.0. The van der Waals surface area contributed by atoms with Crippen molar-refractivity contribution in [2.75, 3.05) is 10.2 Å². The Bertz CT molecular complexity index is 1160. The van der Waals surface area contributed by atoms with Crippen molar-refractivity contribution in [3.8, 4) is 0 Å². The van der Waals surface area contributed by atoms with Crippen LogP contribution in [0.25, 0.3) is 0 Å². The summed E-state index contributed by atoms with van der Waals surface area (Å²) in [6.45, 7) is 3.78. The zero-order valence-electron chi connectivity index (χ0n) is 21.4. The SMILES string of the molecule is CC(C)CC(NC(=O)c1ccc2c(c1)NC(=O)CC(C1CCCCC1)N2C(=O)c1ccccc1)C(=O)O. The van der Waals surface area contributed by atoms with Gasteiger partial charge in [-0.05, 0) is 61.4 Å². The molecule has 37 heavy (non-hydrogen) atoms. The summed E-state index contributed by atoms with van der Waals surface area (Å²) in [7, 11) is 0. The molecule has 0 aromatic heterocycles. The Labute approximate surface area is 217 Å². The summed E-state index contributed by atoms with van der Waals surface area (Å²) in [5.74, 6) is -1.75. The summed E-state index contributed by atoms with van der Waals surface area (Å²) >= 11 is 0. The van der Waals surface area contributed by atoms with E-state index in [1.54, 1.807) is 29.2 Å². The first-order chi connectivity index (χ1) is 17.7. The van der Waals surface area contributed by atoms with Gasteiger partial charge in [0, 0.05) is 23.6 Å². The van der Waals surface area contributed by atoms with Gasteiger partial charge >= 0.3 is 5.97 Å². The number of rotatable bonds is 7. The molecule has 2 aromatic carbocycles. The molecular formula is C29H35N3O5. The van der Waals surface area contributed by atoms with E-state index in [-0.39, 0.29) is 41.7 Å². The van der Waals surface area contributed by atoms with E-state index in [1.165, 1.54) is 6.07 Å². The molecule has 0 saturated heterocycles. The third-order valence-electron chi connectivity index (χ3n) is 7.26. The summed E-state index contributed by atoms with van der Waals surface area (Å²) in [5.41, 5.74) is 1.67. The highest BCUT2D eigenvalue weighted by Crippen LogP contribution is 2.39. The Morgan fingerprint density at radius 1 is 1.03 bits per heavy atom. The molecule has 4 rings (SSSR count). The average Bonchev–Trinajstić information content (AvgIpc) is 3.03. The van der Waals surface area contributed by atoms with Gasteiger partial charge in [0.2, 0.25) is 5.91 Å². The Morgan fingerprint density at radius 2 is 1.73 bits per heavy atom. The van der Waals surface area contributed by atoms with Crippen molar-refractivity contribution in [1.82, 2.24) is 5.32 Å². The highest BCUT2D eigenvalue weighted by Gasteiger charge is 2.38. The fourth-order valence-electron chi connectivity index (χ4n) is 5.46. The quantitative estimate of drug-likeness (QED) is 0.497. The van der Waals surface area contributed by atoms with Gasteiger partial charge in [0.25, 0.3) is 11.8 Å². The molecule has 1 aliphatic heterocycles. The highest BCUT2D eigenvalue weighted by molar-refractivity contribution is 6.12. The van der Waals surface area contributed by atoms with Gasteiger partial charge in [0.05, 0.1) is 11.4 Å². The van der Waals surface area contributed by atoms with Crippen molar-refractivity contribution < 1.29 is 24.3 Å². The molecule has 0 radical (unpaired) electrons. The van der Waals surface area contributed by atoms with Crippen molar-refractivity contribution in [2.24, 2.45) is 11.8 Å². The highest BCUT2D eigenvalue weighted by atomic mass is 16.4. The molecule has 8 nitrogen and oxygen atoms in total. The Morgan fingerprint density at radius 3 is 2.38 bits per heavy atom. The third-order valence-corrected chi connectivity index (χ3v) is 7.26. The maximum absolute atomic E-state index is 13.9. The van der Waals surface area contributed by atoms with Crippen molar-refractivity contribution in [1.29, 1.82) is 0 Å². The fraction of sp³-hybridized carbons (Fsp3) is 0.448. The minimum atomic E-state index is -1.10. The van der Waals surface area contributed by atoms with Crippen molar-refractivity contribution in [3.63, 3.8) is 0 Å². The predicted octanol–water partition coefficient (Wildman–Crippen LogP) is 4.85. The van der Waals surface area contributed by atoms with Crippen LogP contribution in [-0.4, -0.2) is 40.9 Å². The van der Waals surface area contributed by atoms with E-state index in [2.05, 4.69) is 10.6 Å². The van der Waals surface area contributed by atoms with E-state index in [1.807, 2.05) is 32.0 Å². The van der Waals surface area contributed by atoms with E-state index >= 15 is 0 Å².